The second-order valence-electron chi connectivity index (χ2n) is 7.86. The normalized spacial score (nSPS) is 18.5. The number of Topliss-reactive ketones (excluding diaryl/α,β-unsaturated/α-hetero) is 1. The van der Waals surface area contributed by atoms with Crippen molar-refractivity contribution in [3.8, 4) is 0 Å². The van der Waals surface area contributed by atoms with Crippen LogP contribution in [-0.4, -0.2) is 30.0 Å². The van der Waals surface area contributed by atoms with Crippen LogP contribution in [0.2, 0.25) is 0 Å². The van der Waals surface area contributed by atoms with Gasteiger partial charge >= 0.3 is 0 Å². The van der Waals surface area contributed by atoms with Gasteiger partial charge in [0.2, 0.25) is 0 Å². The molecule has 0 fully saturated rings. The molecule has 0 N–H and O–H groups in total. The summed E-state index contributed by atoms with van der Waals surface area (Å²) in [5.74, 6) is -1.23. The predicted molar refractivity (Wildman–Crippen MR) is 125 cm³/mol. The van der Waals surface area contributed by atoms with Gasteiger partial charge in [-0.05, 0) is 30.2 Å². The molecule has 0 spiro atoms. The minimum Gasteiger partial charge on any atom is -0.300 e. The third-order valence-electron chi connectivity index (χ3n) is 5.81. The first kappa shape index (κ1) is 22.4. The molecule has 1 aliphatic heterocycles. The highest BCUT2D eigenvalue weighted by Gasteiger charge is 2.39. The first-order valence-corrected chi connectivity index (χ1v) is 11.8. The fourth-order valence-corrected chi connectivity index (χ4v) is 5.62. The van der Waals surface area contributed by atoms with Crippen LogP contribution >= 0.6 is 0 Å². The molecule has 168 valence electrons. The van der Waals surface area contributed by atoms with E-state index in [-0.39, 0.29) is 22.9 Å². The van der Waals surface area contributed by atoms with E-state index in [0.29, 0.717) is 16.8 Å². The third-order valence-corrected chi connectivity index (χ3v) is 7.61. The zero-order valence-corrected chi connectivity index (χ0v) is 18.7. The Morgan fingerprint density at radius 2 is 1.52 bits per heavy atom. The summed E-state index contributed by atoms with van der Waals surface area (Å²) in [6, 6.07) is 23.3. The van der Waals surface area contributed by atoms with E-state index >= 15 is 0 Å². The third kappa shape index (κ3) is 4.42. The molecular weight excluding hydrogens is 440 g/mol. The van der Waals surface area contributed by atoms with Gasteiger partial charge in [-0.25, -0.2) is 8.42 Å². The van der Waals surface area contributed by atoms with Crippen molar-refractivity contribution < 1.29 is 18.1 Å². The molecule has 0 amide bonds. The number of rotatable bonds is 6. The monoisotopic (exact) mass is 462 g/mol. The molecule has 3 aromatic rings. The lowest BCUT2D eigenvalue weighted by molar-refractivity contribution is -0.384. The Morgan fingerprint density at radius 1 is 0.939 bits per heavy atom. The first-order valence-electron chi connectivity index (χ1n) is 10.4. The SMILES string of the molecule is CC(=O)[C@H]1CN(S(=O)(=O)c2ccccc2)C(c2ccccc2)=C[C@@H]1c1ccc([N+](=O)[O-])cc1. The van der Waals surface area contributed by atoms with E-state index in [9.17, 15) is 23.3 Å². The van der Waals surface area contributed by atoms with E-state index in [1.165, 1.54) is 35.5 Å². The molecule has 4 rings (SSSR count). The molecule has 3 aromatic carbocycles. The van der Waals surface area contributed by atoms with E-state index in [2.05, 4.69) is 0 Å². The number of nitro groups is 1. The average molecular weight is 463 g/mol. The maximum atomic E-state index is 13.6. The summed E-state index contributed by atoms with van der Waals surface area (Å²) in [5.41, 5.74) is 1.84. The van der Waals surface area contributed by atoms with Gasteiger partial charge in [0.25, 0.3) is 15.7 Å². The van der Waals surface area contributed by atoms with Crippen LogP contribution in [0.15, 0.2) is 95.9 Å². The van der Waals surface area contributed by atoms with Crippen LogP contribution in [0.5, 0.6) is 0 Å². The lowest BCUT2D eigenvalue weighted by Crippen LogP contribution is -2.41. The molecule has 0 aliphatic carbocycles. The zero-order chi connectivity index (χ0) is 23.6. The molecule has 1 heterocycles. The fraction of sp³-hybridized carbons (Fsp3) is 0.160. The number of non-ortho nitro benzene ring substituents is 1. The number of ketones is 1. The van der Waals surface area contributed by atoms with Gasteiger partial charge < -0.3 is 0 Å². The van der Waals surface area contributed by atoms with Crippen LogP contribution in [-0.2, 0) is 14.8 Å². The van der Waals surface area contributed by atoms with Crippen molar-refractivity contribution in [1.82, 2.24) is 4.31 Å². The van der Waals surface area contributed by atoms with Gasteiger partial charge in [-0.1, -0.05) is 66.7 Å². The summed E-state index contributed by atoms with van der Waals surface area (Å²) < 4.78 is 28.5. The van der Waals surface area contributed by atoms with Gasteiger partial charge in [0.15, 0.2) is 0 Å². The van der Waals surface area contributed by atoms with Gasteiger partial charge in [0.05, 0.1) is 15.5 Å². The van der Waals surface area contributed by atoms with Gasteiger partial charge in [0, 0.05) is 30.5 Å². The Labute approximate surface area is 192 Å². The van der Waals surface area contributed by atoms with Crippen molar-refractivity contribution in [2.45, 2.75) is 17.7 Å². The minimum atomic E-state index is -3.93. The molecule has 7 nitrogen and oxygen atoms in total. The van der Waals surface area contributed by atoms with E-state index in [4.69, 9.17) is 0 Å². The van der Waals surface area contributed by atoms with Gasteiger partial charge in [-0.15, -0.1) is 0 Å². The number of sulfonamides is 1. The molecule has 0 aromatic heterocycles. The molecule has 0 saturated heterocycles. The van der Waals surface area contributed by atoms with Crippen LogP contribution in [0.3, 0.4) is 0 Å². The highest BCUT2D eigenvalue weighted by Crippen LogP contribution is 2.40. The number of benzene rings is 3. The predicted octanol–water partition coefficient (Wildman–Crippen LogP) is 4.63. The quantitative estimate of drug-likeness (QED) is 0.393. The van der Waals surface area contributed by atoms with Crippen LogP contribution in [0.25, 0.3) is 5.70 Å². The number of carbonyl (C=O) groups is 1. The second-order valence-corrected chi connectivity index (χ2v) is 9.72. The standard InChI is InChI=1S/C25H22N2O5S/c1-18(28)24-17-26(33(31,32)22-10-6-3-7-11-22)25(20-8-4-2-5-9-20)16-23(24)19-12-14-21(15-13-19)27(29)30/h2-16,23-24H,17H2,1H3/t23-,24-/m1/s1. The zero-order valence-electron chi connectivity index (χ0n) is 17.9. The molecule has 8 heteroatoms. The minimum absolute atomic E-state index is 0.0328. The van der Waals surface area contributed by atoms with Crippen LogP contribution < -0.4 is 0 Å². The molecule has 33 heavy (non-hydrogen) atoms. The Balaban J connectivity index is 1.88. The fourth-order valence-electron chi connectivity index (χ4n) is 4.08. The Hall–Kier alpha value is -3.78. The number of hydrogen-bond donors (Lipinski definition) is 0. The topological polar surface area (TPSA) is 97.6 Å². The maximum Gasteiger partial charge on any atom is 0.269 e. The van der Waals surface area contributed by atoms with Gasteiger partial charge in [-0.3, -0.25) is 19.2 Å². The van der Waals surface area contributed by atoms with Crippen molar-refractivity contribution in [2.24, 2.45) is 5.92 Å². The number of carbonyl (C=O) groups excluding carboxylic acids is 1. The highest BCUT2D eigenvalue weighted by molar-refractivity contribution is 7.89. The first-order chi connectivity index (χ1) is 15.8. The molecule has 0 bridgehead atoms. The van der Waals surface area contributed by atoms with Gasteiger partial charge in [-0.2, -0.15) is 0 Å². The maximum absolute atomic E-state index is 13.6. The summed E-state index contributed by atoms with van der Waals surface area (Å²) in [6.07, 6.45) is 1.78. The van der Waals surface area contributed by atoms with E-state index in [1.54, 1.807) is 36.4 Å². The summed E-state index contributed by atoms with van der Waals surface area (Å²) in [7, 11) is -3.93. The van der Waals surface area contributed by atoms with Crippen molar-refractivity contribution >= 4 is 27.2 Å². The Bertz CT molecular complexity index is 1300. The Kier molecular flexibility index (Phi) is 6.11. The lowest BCUT2D eigenvalue weighted by Gasteiger charge is -2.38. The lowest BCUT2D eigenvalue weighted by atomic mass is 9.80. The number of nitro benzene ring substituents is 1. The summed E-state index contributed by atoms with van der Waals surface area (Å²) >= 11 is 0. The second kappa shape index (κ2) is 8.99. The van der Waals surface area contributed by atoms with Crippen LogP contribution in [0.1, 0.15) is 24.0 Å². The highest BCUT2D eigenvalue weighted by atomic mass is 32.2. The van der Waals surface area contributed by atoms with Crippen molar-refractivity contribution in [1.29, 1.82) is 0 Å². The molecule has 1 aliphatic rings. The Morgan fingerprint density at radius 3 is 2.06 bits per heavy atom. The number of allylic oxidation sites excluding steroid dienone is 1. The molecule has 0 saturated carbocycles. The molecule has 0 radical (unpaired) electrons. The van der Waals surface area contributed by atoms with Crippen molar-refractivity contribution in [2.75, 3.05) is 6.54 Å². The molecule has 0 unspecified atom stereocenters. The molecule has 2 atom stereocenters. The van der Waals surface area contributed by atoms with Crippen LogP contribution in [0.4, 0.5) is 5.69 Å². The van der Waals surface area contributed by atoms with E-state index in [0.717, 1.165) is 0 Å². The van der Waals surface area contributed by atoms with Gasteiger partial charge in [0.1, 0.15) is 5.78 Å². The van der Waals surface area contributed by atoms with Crippen molar-refractivity contribution in [3.05, 3.63) is 112 Å². The largest absolute Gasteiger partial charge is 0.300 e. The van der Waals surface area contributed by atoms with E-state index < -0.39 is 26.8 Å². The average Bonchev–Trinajstić information content (AvgIpc) is 2.84. The van der Waals surface area contributed by atoms with Crippen LogP contribution in [0, 0.1) is 16.0 Å². The summed E-state index contributed by atoms with van der Waals surface area (Å²) in [4.78, 5) is 23.4. The number of nitrogens with zero attached hydrogens (tertiary/aromatic N) is 2. The smallest absolute Gasteiger partial charge is 0.269 e. The summed E-state index contributed by atoms with van der Waals surface area (Å²) in [5, 5.41) is 11.1. The van der Waals surface area contributed by atoms with Crippen molar-refractivity contribution in [3.63, 3.8) is 0 Å². The summed E-state index contributed by atoms with van der Waals surface area (Å²) in [6.45, 7) is 1.41. The number of hydrogen-bond acceptors (Lipinski definition) is 5. The van der Waals surface area contributed by atoms with E-state index in [1.807, 2.05) is 30.3 Å². The molecular formula is C25H22N2O5S.